The number of ether oxygens (including phenoxy) is 1. The number of hydrogen-bond acceptors (Lipinski definition) is 5. The van der Waals surface area contributed by atoms with Gasteiger partial charge in [0.2, 0.25) is 5.91 Å². The Morgan fingerprint density at radius 1 is 0.453 bits per heavy atom. The predicted molar refractivity (Wildman–Crippen MR) is 278 cm³/mol. The number of aliphatic hydroxyl groups excluding tert-OH is 2. The van der Waals surface area contributed by atoms with E-state index in [1.54, 1.807) is 0 Å². The van der Waals surface area contributed by atoms with Crippen LogP contribution in [0.2, 0.25) is 0 Å². The summed E-state index contributed by atoms with van der Waals surface area (Å²) in [5, 5.41) is 23.8. The van der Waals surface area contributed by atoms with Gasteiger partial charge in [-0.3, -0.25) is 9.59 Å². The highest BCUT2D eigenvalue weighted by Gasteiger charge is 2.24. The lowest BCUT2D eigenvalue weighted by Gasteiger charge is -2.24. The zero-order valence-corrected chi connectivity index (χ0v) is 42.9. The molecule has 0 aromatic rings. The summed E-state index contributed by atoms with van der Waals surface area (Å²) in [4.78, 5) is 26.2. The second kappa shape index (κ2) is 52.1. The first-order valence-electron chi connectivity index (χ1n) is 28.2. The van der Waals surface area contributed by atoms with Crippen LogP contribution in [-0.4, -0.2) is 46.9 Å². The Hall–Kier alpha value is -1.92. The second-order valence-electron chi connectivity index (χ2n) is 19.4. The van der Waals surface area contributed by atoms with E-state index in [2.05, 4.69) is 62.5 Å². The molecule has 6 heteroatoms. The number of hydrogen-bond donors (Lipinski definition) is 3. The van der Waals surface area contributed by atoms with E-state index in [9.17, 15) is 19.8 Å². The Labute approximate surface area is 398 Å². The molecule has 376 valence electrons. The molecule has 0 bridgehead atoms. The molecule has 64 heavy (non-hydrogen) atoms. The molecule has 0 rings (SSSR count). The largest absolute Gasteiger partial charge is 0.462 e. The van der Waals surface area contributed by atoms with Crippen LogP contribution in [0.25, 0.3) is 0 Å². The van der Waals surface area contributed by atoms with E-state index < -0.39 is 18.2 Å². The molecule has 0 aliphatic carbocycles. The van der Waals surface area contributed by atoms with E-state index in [0.29, 0.717) is 19.3 Å². The lowest BCUT2D eigenvalue weighted by atomic mass is 10.0. The number of allylic oxidation sites excluding steroid dienone is 6. The molecule has 0 spiro atoms. The predicted octanol–water partition coefficient (Wildman–Crippen LogP) is 17.2. The fourth-order valence-electron chi connectivity index (χ4n) is 8.65. The lowest BCUT2D eigenvalue weighted by Crippen LogP contribution is -2.46. The molecule has 3 unspecified atom stereocenters. The number of esters is 1. The van der Waals surface area contributed by atoms with Gasteiger partial charge in [0.05, 0.1) is 25.2 Å². The Morgan fingerprint density at radius 2 is 0.797 bits per heavy atom. The van der Waals surface area contributed by atoms with Crippen molar-refractivity contribution in [2.75, 3.05) is 6.61 Å². The van der Waals surface area contributed by atoms with Crippen LogP contribution in [0.4, 0.5) is 0 Å². The summed E-state index contributed by atoms with van der Waals surface area (Å²) in [7, 11) is 0. The molecule has 0 heterocycles. The van der Waals surface area contributed by atoms with Crippen LogP contribution in [-0.2, 0) is 14.3 Å². The van der Waals surface area contributed by atoms with Gasteiger partial charge < -0.3 is 20.3 Å². The van der Waals surface area contributed by atoms with Crippen LogP contribution < -0.4 is 5.32 Å². The average molecular weight is 901 g/mol. The summed E-state index contributed by atoms with van der Waals surface area (Å²) in [6.45, 7) is 6.49. The molecular formula is C58H109NO5. The first kappa shape index (κ1) is 62.1. The van der Waals surface area contributed by atoms with Gasteiger partial charge in [0.25, 0.3) is 0 Å². The molecule has 0 saturated heterocycles. The number of carbonyl (C=O) groups is 2. The minimum atomic E-state index is -0.795. The van der Waals surface area contributed by atoms with Gasteiger partial charge in [-0.05, 0) is 77.0 Å². The summed E-state index contributed by atoms with van der Waals surface area (Å²) in [6, 6.07) is -0.710. The maximum atomic E-state index is 13.2. The van der Waals surface area contributed by atoms with Crippen molar-refractivity contribution in [3.05, 3.63) is 36.5 Å². The van der Waals surface area contributed by atoms with Crippen molar-refractivity contribution in [2.24, 2.45) is 0 Å². The van der Waals surface area contributed by atoms with E-state index in [1.165, 1.54) is 167 Å². The molecule has 0 aliphatic heterocycles. The van der Waals surface area contributed by atoms with Crippen molar-refractivity contribution in [1.29, 1.82) is 0 Å². The van der Waals surface area contributed by atoms with Gasteiger partial charge in [-0.1, -0.05) is 243 Å². The number of rotatable bonds is 51. The molecule has 0 saturated carbocycles. The summed E-state index contributed by atoms with van der Waals surface area (Å²) >= 11 is 0. The Bertz CT molecular complexity index is 1060. The molecule has 3 atom stereocenters. The van der Waals surface area contributed by atoms with Crippen molar-refractivity contribution in [1.82, 2.24) is 5.32 Å². The lowest BCUT2D eigenvalue weighted by molar-refractivity contribution is -0.151. The highest BCUT2D eigenvalue weighted by molar-refractivity contribution is 5.77. The van der Waals surface area contributed by atoms with Crippen molar-refractivity contribution in [3.63, 3.8) is 0 Å². The number of carbonyl (C=O) groups excluding carboxylic acids is 2. The third kappa shape index (κ3) is 46.6. The molecule has 0 fully saturated rings. The van der Waals surface area contributed by atoms with Gasteiger partial charge >= 0.3 is 5.97 Å². The Balaban J connectivity index is 4.59. The highest BCUT2D eigenvalue weighted by atomic mass is 16.5. The van der Waals surface area contributed by atoms with E-state index >= 15 is 0 Å². The molecule has 0 aliphatic rings. The third-order valence-corrected chi connectivity index (χ3v) is 13.0. The third-order valence-electron chi connectivity index (χ3n) is 13.0. The Kier molecular flexibility index (Phi) is 50.5. The monoisotopic (exact) mass is 900 g/mol. The first-order valence-corrected chi connectivity index (χ1v) is 28.2. The van der Waals surface area contributed by atoms with E-state index in [0.717, 1.165) is 83.5 Å². The Morgan fingerprint density at radius 3 is 1.22 bits per heavy atom. The van der Waals surface area contributed by atoms with Gasteiger partial charge in [0.1, 0.15) is 6.10 Å². The number of unbranched alkanes of at least 4 members (excludes halogenated alkanes) is 34. The topological polar surface area (TPSA) is 95.9 Å². The van der Waals surface area contributed by atoms with Crippen LogP contribution in [0.1, 0.15) is 297 Å². The van der Waals surface area contributed by atoms with E-state index in [1.807, 2.05) is 0 Å². The van der Waals surface area contributed by atoms with Crippen molar-refractivity contribution in [3.8, 4) is 0 Å². The highest BCUT2D eigenvalue weighted by Crippen LogP contribution is 2.18. The van der Waals surface area contributed by atoms with Gasteiger partial charge in [-0.25, -0.2) is 0 Å². The maximum Gasteiger partial charge on any atom is 0.306 e. The van der Waals surface area contributed by atoms with Crippen molar-refractivity contribution < 1.29 is 24.5 Å². The fourth-order valence-corrected chi connectivity index (χ4v) is 8.65. The second-order valence-corrected chi connectivity index (χ2v) is 19.4. The van der Waals surface area contributed by atoms with Crippen molar-refractivity contribution in [2.45, 2.75) is 315 Å². The number of aliphatic hydroxyl groups is 2. The van der Waals surface area contributed by atoms with Crippen LogP contribution in [0.15, 0.2) is 36.5 Å². The van der Waals surface area contributed by atoms with Crippen LogP contribution in [0, 0.1) is 0 Å². The quantitative estimate of drug-likeness (QED) is 0.0245. The van der Waals surface area contributed by atoms with Gasteiger partial charge in [0, 0.05) is 6.42 Å². The molecule has 0 radical (unpaired) electrons. The number of amides is 1. The van der Waals surface area contributed by atoms with Gasteiger partial charge in [-0.15, -0.1) is 0 Å². The van der Waals surface area contributed by atoms with Gasteiger partial charge in [0.15, 0.2) is 0 Å². The summed E-state index contributed by atoms with van der Waals surface area (Å²) < 4.78 is 5.93. The standard InChI is InChI=1S/C58H109NO5/c1-4-7-10-13-16-19-22-25-28-30-33-36-39-42-45-48-51-58(63)64-54(49-46-43-40-37-34-31-27-24-21-18-15-12-9-6-3)52-57(62)59-55(53-60)56(61)50-47-44-41-38-35-32-29-26-23-20-17-14-11-8-5-2/h28,30-31,33-34,36,54-56,60-61H,4-27,29,32,35,37-53H2,1-3H3,(H,59,62)/b30-28+,34-31+,36-33+. The van der Waals surface area contributed by atoms with E-state index in [-0.39, 0.29) is 24.9 Å². The van der Waals surface area contributed by atoms with Crippen molar-refractivity contribution >= 4 is 11.9 Å². The average Bonchev–Trinajstić information content (AvgIpc) is 3.29. The van der Waals surface area contributed by atoms with Crippen LogP contribution in [0.3, 0.4) is 0 Å². The molecule has 1 amide bonds. The minimum Gasteiger partial charge on any atom is -0.462 e. The van der Waals surface area contributed by atoms with Crippen LogP contribution >= 0.6 is 0 Å². The molecular weight excluding hydrogens is 791 g/mol. The molecule has 6 nitrogen and oxygen atoms in total. The zero-order valence-electron chi connectivity index (χ0n) is 42.9. The molecule has 3 N–H and O–H groups in total. The fraction of sp³-hybridized carbons (Fsp3) is 0.862. The summed E-state index contributed by atoms with van der Waals surface area (Å²) in [6.07, 6.45) is 62.1. The smallest absolute Gasteiger partial charge is 0.306 e. The number of nitrogens with one attached hydrogen (secondary N) is 1. The first-order chi connectivity index (χ1) is 31.5. The van der Waals surface area contributed by atoms with Gasteiger partial charge in [-0.2, -0.15) is 0 Å². The maximum absolute atomic E-state index is 13.2. The molecule has 0 aromatic heterocycles. The van der Waals surface area contributed by atoms with E-state index in [4.69, 9.17) is 4.74 Å². The zero-order chi connectivity index (χ0) is 46.7. The van der Waals surface area contributed by atoms with Crippen LogP contribution in [0.5, 0.6) is 0 Å². The summed E-state index contributed by atoms with van der Waals surface area (Å²) in [5.74, 6) is -0.509. The SMILES string of the molecule is CCCCCCCCC/C=C/C=C/CCCCCC(=O)OC(CCCCC/C=C/CCCCCCCCC)CC(=O)NC(CO)C(O)CCCCCCCCCCCCCCCCC. The molecule has 0 aromatic carbocycles. The normalized spacial score (nSPS) is 13.4. The summed E-state index contributed by atoms with van der Waals surface area (Å²) in [5.41, 5.74) is 0. The minimum absolute atomic E-state index is 0.0591.